The van der Waals surface area contributed by atoms with Gasteiger partial charge in [-0.1, -0.05) is 91.8 Å². The Kier molecular flexibility index (Phi) is 28.5. The Hall–Kier alpha value is -8.53. The first kappa shape index (κ1) is 75.5. The molecule has 0 spiro atoms. The number of nitrogens with one attached hydrogen (secondary N) is 9. The third-order valence-electron chi connectivity index (χ3n) is 17.6. The van der Waals surface area contributed by atoms with Crippen LogP contribution in [0.2, 0.25) is 0 Å². The number of amides is 9. The van der Waals surface area contributed by atoms with Gasteiger partial charge in [-0.05, 0) is 109 Å². The summed E-state index contributed by atoms with van der Waals surface area (Å²) < 4.78 is 31.4. The van der Waals surface area contributed by atoms with Gasteiger partial charge < -0.3 is 72.3 Å². The lowest BCUT2D eigenvalue weighted by Crippen LogP contribution is -2.52. The molecule has 0 saturated heterocycles. The van der Waals surface area contributed by atoms with Gasteiger partial charge in [0.05, 0.1) is 48.5 Å². The van der Waals surface area contributed by atoms with Gasteiger partial charge in [-0.15, -0.1) is 0 Å². The molecule has 3 aliphatic rings. The summed E-state index contributed by atoms with van der Waals surface area (Å²) in [7, 11) is 0. The summed E-state index contributed by atoms with van der Waals surface area (Å²) in [6, 6.07) is 7.18. The highest BCUT2D eigenvalue weighted by Gasteiger charge is 2.46. The summed E-state index contributed by atoms with van der Waals surface area (Å²) in [5.74, 6) is -5.95. The number of carbonyl (C=O) groups excluding carboxylic acids is 11. The number of hydrogen-bond donors (Lipinski definition) is 11. The first-order chi connectivity index (χ1) is 45.2. The number of ketones is 1. The van der Waals surface area contributed by atoms with E-state index in [1.54, 1.807) is 50.3 Å². The monoisotopic (exact) mass is 1320 g/mol. The van der Waals surface area contributed by atoms with E-state index >= 15 is 4.39 Å². The maximum absolute atomic E-state index is 15.4. The number of nitrogens with zero attached hydrogens (tertiary/aromatic N) is 1. The standard InChI is InChI=1S/C68H93FN10O16/c1-10-68(92)46-20-22-48-44(27-73-65(89)45(46)32-95-67(68)91)64-50(21-19-43-41(9)47(69)26-51(76-48)63(43)64)78-60(88)35-94-36-75-55(83)29-74-66(90)52(25-42-16-12-11-13-17-42)79-56(84)30-71-54(82)28-72-58(86)33-93-34-59(87)77-49(18-14-15-23-70-57(85)31-80)53(81)24-40(8)62(39(6)7)61(37(2)3)38(4)5/h11-13,16-17,20,22,26,37-40,49-50,52,61-62,80,92H,10,14-15,18-19,21,23-25,27-36H2,1-9H3,(H,70,85)(H,71,82)(H,72,86)(H,73,89)(H,74,90)(H,75,83)(H,77,87)(H,78,88)(H,79,84)/b22-20+/t40?,49-,50+,52+,62?,68+/m1/s1. The van der Waals surface area contributed by atoms with E-state index in [2.05, 4.69) is 96.3 Å². The van der Waals surface area contributed by atoms with Gasteiger partial charge in [-0.3, -0.25) is 47.9 Å². The quantitative estimate of drug-likeness (QED) is 0.0228. The van der Waals surface area contributed by atoms with Crippen molar-refractivity contribution < 1.29 is 81.6 Å². The number of halogens is 1. The summed E-state index contributed by atoms with van der Waals surface area (Å²) in [5, 5.41) is 44.4. The van der Waals surface area contributed by atoms with Crippen molar-refractivity contribution in [1.82, 2.24) is 52.8 Å². The second kappa shape index (κ2) is 35.8. The molecule has 11 N–H and O–H groups in total. The van der Waals surface area contributed by atoms with Gasteiger partial charge >= 0.3 is 5.97 Å². The number of aliphatic hydroxyl groups excluding tert-OH is 1. The Morgan fingerprint density at radius 3 is 2.07 bits per heavy atom. The number of carbonyl (C=O) groups is 11. The van der Waals surface area contributed by atoms with Crippen LogP contribution in [-0.2, 0) is 86.3 Å². The van der Waals surface area contributed by atoms with Crippen LogP contribution in [0, 0.1) is 48.2 Å². The number of aryl methyl sites for hydroxylation is 1. The molecule has 9 amide bonds. The number of aromatic nitrogens is 1. The Labute approximate surface area is 552 Å². The molecule has 2 aromatic carbocycles. The van der Waals surface area contributed by atoms with E-state index in [-0.39, 0.29) is 74.1 Å². The minimum Gasteiger partial charge on any atom is -0.458 e. The minimum atomic E-state index is -2.11. The van der Waals surface area contributed by atoms with Gasteiger partial charge in [0.25, 0.3) is 5.91 Å². The van der Waals surface area contributed by atoms with Crippen LogP contribution in [0.1, 0.15) is 133 Å². The molecule has 0 saturated carbocycles. The highest BCUT2D eigenvalue weighted by molar-refractivity contribution is 6.01. The molecule has 0 fully saturated rings. The van der Waals surface area contributed by atoms with Crippen LogP contribution in [-0.4, -0.2) is 164 Å². The number of ether oxygens (including phenoxy) is 3. The van der Waals surface area contributed by atoms with Crippen molar-refractivity contribution in [3.05, 3.63) is 92.9 Å². The molecule has 3 heterocycles. The van der Waals surface area contributed by atoms with Crippen molar-refractivity contribution in [2.24, 2.45) is 35.5 Å². The number of rotatable bonds is 35. The van der Waals surface area contributed by atoms with Gasteiger partial charge in [-0.2, -0.15) is 0 Å². The SMILES string of the molecule is CC[C@@]1(O)C(=O)OCC2=C1/C=C/c1nc3cc(F)c(C)c4c3c(c1CNC2=O)[C@@H](NC(=O)COCNC(=O)CNC(=O)[C@H](Cc1ccccc1)NC(=O)CNC(=O)CNC(=O)COCC(=O)N[C@H](CCCCNC(=O)CO)C(=O)CC(C)C(C(C)C)C(C(C)C)C(C)C)CC4. The van der Waals surface area contributed by atoms with Crippen LogP contribution in [0.5, 0.6) is 0 Å². The molecular weight excluding hydrogens is 1230 g/mol. The molecule has 95 heavy (non-hydrogen) atoms. The first-order valence-electron chi connectivity index (χ1n) is 32.5. The smallest absolute Gasteiger partial charge is 0.343 e. The Morgan fingerprint density at radius 2 is 1.39 bits per heavy atom. The molecule has 1 aromatic heterocycles. The minimum absolute atomic E-state index is 0.0114. The molecule has 3 aromatic rings. The second-order valence-corrected chi connectivity index (χ2v) is 25.4. The Balaban J connectivity index is 0.949. The number of aliphatic hydroxyl groups is 2. The van der Waals surface area contributed by atoms with Crippen molar-refractivity contribution in [1.29, 1.82) is 0 Å². The Morgan fingerprint density at radius 1 is 0.747 bits per heavy atom. The first-order valence-corrected chi connectivity index (χ1v) is 32.5. The van der Waals surface area contributed by atoms with Gasteiger partial charge in [0.2, 0.25) is 47.3 Å². The zero-order valence-corrected chi connectivity index (χ0v) is 55.7. The highest BCUT2D eigenvalue weighted by Crippen LogP contribution is 2.43. The van der Waals surface area contributed by atoms with Crippen LogP contribution in [0.25, 0.3) is 17.0 Å². The third-order valence-corrected chi connectivity index (χ3v) is 17.6. The van der Waals surface area contributed by atoms with Crippen molar-refractivity contribution in [3.63, 3.8) is 0 Å². The molecule has 0 bridgehead atoms. The normalized spacial score (nSPS) is 17.5. The number of unbranched alkanes of at least 4 members (excludes halogenated alkanes) is 1. The summed E-state index contributed by atoms with van der Waals surface area (Å²) >= 11 is 0. The molecule has 26 nitrogen and oxygen atoms in total. The van der Waals surface area contributed by atoms with Crippen molar-refractivity contribution in [2.45, 2.75) is 144 Å². The lowest BCUT2D eigenvalue weighted by atomic mass is 9.65. The molecule has 2 aliphatic heterocycles. The van der Waals surface area contributed by atoms with Gasteiger partial charge in [-0.25, -0.2) is 14.2 Å². The lowest BCUT2D eigenvalue weighted by molar-refractivity contribution is -0.163. The topological polar surface area (TPSA) is 377 Å². The molecule has 6 atom stereocenters. The molecule has 0 radical (unpaired) electrons. The summed E-state index contributed by atoms with van der Waals surface area (Å²) in [5.41, 5.74) is 1.43. The van der Waals surface area contributed by atoms with E-state index in [0.29, 0.717) is 93.8 Å². The lowest BCUT2D eigenvalue weighted by Gasteiger charge is -2.40. The van der Waals surface area contributed by atoms with E-state index < -0.39 is 141 Å². The van der Waals surface area contributed by atoms with Crippen LogP contribution in [0.15, 0.2) is 53.6 Å². The number of hydrogen-bond acceptors (Lipinski definition) is 17. The number of cyclic esters (lactones) is 1. The van der Waals surface area contributed by atoms with Crippen molar-refractivity contribution >= 4 is 81.9 Å². The molecular formula is C68H93FN10O16. The summed E-state index contributed by atoms with van der Waals surface area (Å²) in [6.45, 7) is 13.6. The fraction of sp³-hybridized carbons (Fsp3) is 0.559. The number of benzene rings is 2. The maximum Gasteiger partial charge on any atom is 0.343 e. The van der Waals surface area contributed by atoms with Crippen LogP contribution in [0.3, 0.4) is 0 Å². The van der Waals surface area contributed by atoms with E-state index in [1.807, 2.05) is 0 Å². The van der Waals surface area contributed by atoms with Gasteiger partial charge in [0, 0.05) is 48.5 Å². The predicted molar refractivity (Wildman–Crippen MR) is 347 cm³/mol. The zero-order valence-electron chi connectivity index (χ0n) is 55.7. The van der Waals surface area contributed by atoms with Crippen molar-refractivity contribution in [3.8, 4) is 0 Å². The third kappa shape index (κ3) is 21.0. The van der Waals surface area contributed by atoms with E-state index in [0.717, 1.165) is 0 Å². The molecule has 2 unspecified atom stereocenters. The predicted octanol–water partition coefficient (Wildman–Crippen LogP) is 2.17. The summed E-state index contributed by atoms with van der Waals surface area (Å²) in [4.78, 5) is 148. The second-order valence-electron chi connectivity index (χ2n) is 25.4. The number of esters is 1. The van der Waals surface area contributed by atoms with E-state index in [4.69, 9.17) is 24.3 Å². The molecule has 518 valence electrons. The fourth-order valence-corrected chi connectivity index (χ4v) is 13.1. The maximum atomic E-state index is 15.4. The van der Waals surface area contributed by atoms with E-state index in [1.165, 1.54) is 12.1 Å². The molecule has 27 heteroatoms. The number of pyridine rings is 1. The highest BCUT2D eigenvalue weighted by atomic mass is 19.1. The van der Waals surface area contributed by atoms with Crippen molar-refractivity contribution in [2.75, 3.05) is 65.9 Å². The van der Waals surface area contributed by atoms with Crippen LogP contribution in [0.4, 0.5) is 4.39 Å². The average Bonchev–Trinajstić information content (AvgIpc) is 1.51. The van der Waals surface area contributed by atoms with Crippen LogP contribution < -0.4 is 47.9 Å². The average molecular weight is 1330 g/mol. The van der Waals surface area contributed by atoms with Gasteiger partial charge in [0.15, 0.2) is 11.4 Å². The molecule has 1 aliphatic carbocycles. The zero-order chi connectivity index (χ0) is 69.7. The number of fused-ring (bicyclic) bond motifs is 2. The molecule has 6 rings (SSSR count). The largest absolute Gasteiger partial charge is 0.458 e. The Bertz CT molecular complexity index is 3370. The number of Topliss-reactive ketones (excluding diaryl/α,β-unsaturated/α-hetero) is 1. The fourth-order valence-electron chi connectivity index (χ4n) is 13.1. The van der Waals surface area contributed by atoms with E-state index in [9.17, 15) is 57.8 Å². The summed E-state index contributed by atoms with van der Waals surface area (Å²) in [6.07, 6.45) is 5.06. The van der Waals surface area contributed by atoms with Gasteiger partial charge in [0.1, 0.15) is 51.6 Å². The van der Waals surface area contributed by atoms with Crippen LogP contribution >= 0.6 is 0 Å².